The van der Waals surface area contributed by atoms with Crippen molar-refractivity contribution in [3.05, 3.63) is 15.6 Å². The topological polar surface area (TPSA) is 34.1 Å². The molecule has 1 atom stereocenters. The number of rotatable bonds is 8. The molecule has 1 unspecified atom stereocenters. The van der Waals surface area contributed by atoms with E-state index >= 15 is 0 Å². The Morgan fingerprint density at radius 2 is 2.10 bits per heavy atom. The largest absolute Gasteiger partial charge is 0.411 e. The highest BCUT2D eigenvalue weighted by molar-refractivity contribution is 7.11. The summed E-state index contributed by atoms with van der Waals surface area (Å²) in [5.74, 6) is 0. The second kappa shape index (κ2) is 7.95. The standard InChI is InChI=1S/C13H21F3N2OS/c1-4-6-17-9(2)12-10(3)18-11(20-12)5-7-19-8-13(14,15)16/h9,17H,4-8H2,1-3H3. The van der Waals surface area contributed by atoms with Gasteiger partial charge in [0.1, 0.15) is 6.61 Å². The summed E-state index contributed by atoms with van der Waals surface area (Å²) in [6.07, 6.45) is -2.79. The highest BCUT2D eigenvalue weighted by Gasteiger charge is 2.27. The van der Waals surface area contributed by atoms with Gasteiger partial charge >= 0.3 is 6.18 Å². The highest BCUT2D eigenvalue weighted by atomic mass is 32.1. The first-order valence-corrected chi connectivity index (χ1v) is 7.49. The summed E-state index contributed by atoms with van der Waals surface area (Å²) in [5, 5.41) is 4.20. The molecule has 116 valence electrons. The number of hydrogen-bond acceptors (Lipinski definition) is 4. The van der Waals surface area contributed by atoms with Gasteiger partial charge in [-0.15, -0.1) is 11.3 Å². The summed E-state index contributed by atoms with van der Waals surface area (Å²) in [4.78, 5) is 5.53. The van der Waals surface area contributed by atoms with Crippen LogP contribution in [0.1, 0.15) is 41.9 Å². The van der Waals surface area contributed by atoms with Crippen molar-refractivity contribution < 1.29 is 17.9 Å². The van der Waals surface area contributed by atoms with Gasteiger partial charge in [-0.1, -0.05) is 6.92 Å². The first-order chi connectivity index (χ1) is 9.33. The smallest absolute Gasteiger partial charge is 0.372 e. The van der Waals surface area contributed by atoms with Crippen molar-refractivity contribution in [1.29, 1.82) is 0 Å². The summed E-state index contributed by atoms with van der Waals surface area (Å²) < 4.78 is 40.4. The first-order valence-electron chi connectivity index (χ1n) is 6.67. The molecular weight excluding hydrogens is 289 g/mol. The maximum absolute atomic E-state index is 11.9. The van der Waals surface area contributed by atoms with Crippen LogP contribution in [0.25, 0.3) is 0 Å². The van der Waals surface area contributed by atoms with Gasteiger partial charge in [-0.25, -0.2) is 4.98 Å². The minimum absolute atomic E-state index is 0.0443. The summed E-state index contributed by atoms with van der Waals surface area (Å²) in [6, 6.07) is 0.220. The quantitative estimate of drug-likeness (QED) is 0.745. The van der Waals surface area contributed by atoms with Gasteiger partial charge in [-0.05, 0) is 26.8 Å². The van der Waals surface area contributed by atoms with Gasteiger partial charge in [0.05, 0.1) is 17.3 Å². The molecule has 20 heavy (non-hydrogen) atoms. The van der Waals surface area contributed by atoms with E-state index < -0.39 is 12.8 Å². The van der Waals surface area contributed by atoms with Crippen LogP contribution in [0.2, 0.25) is 0 Å². The lowest BCUT2D eigenvalue weighted by Crippen LogP contribution is -2.18. The zero-order valence-corrected chi connectivity index (χ0v) is 12.8. The lowest BCUT2D eigenvalue weighted by atomic mass is 10.2. The van der Waals surface area contributed by atoms with E-state index in [1.54, 1.807) is 11.3 Å². The molecule has 1 aromatic heterocycles. The van der Waals surface area contributed by atoms with Crippen molar-refractivity contribution >= 4 is 11.3 Å². The van der Waals surface area contributed by atoms with Crippen molar-refractivity contribution in [2.24, 2.45) is 0 Å². The Bertz CT molecular complexity index is 407. The minimum atomic E-state index is -4.26. The van der Waals surface area contributed by atoms with Crippen LogP contribution in [0, 0.1) is 6.92 Å². The fraction of sp³-hybridized carbons (Fsp3) is 0.769. The van der Waals surface area contributed by atoms with Gasteiger partial charge in [0.25, 0.3) is 0 Å². The molecule has 0 amide bonds. The zero-order chi connectivity index (χ0) is 15.2. The Morgan fingerprint density at radius 3 is 2.70 bits per heavy atom. The Kier molecular flexibility index (Phi) is 6.91. The van der Waals surface area contributed by atoms with Crippen LogP contribution in [0.4, 0.5) is 13.2 Å². The third kappa shape index (κ3) is 6.19. The first kappa shape index (κ1) is 17.4. The van der Waals surface area contributed by atoms with Gasteiger partial charge in [0.2, 0.25) is 0 Å². The Balaban J connectivity index is 2.44. The van der Waals surface area contributed by atoms with Crippen molar-refractivity contribution in [2.75, 3.05) is 19.8 Å². The van der Waals surface area contributed by atoms with Gasteiger partial charge in [0.15, 0.2) is 0 Å². The Labute approximate surface area is 121 Å². The summed E-state index contributed by atoms with van der Waals surface area (Å²) >= 11 is 1.54. The van der Waals surface area contributed by atoms with Gasteiger partial charge in [-0.2, -0.15) is 13.2 Å². The van der Waals surface area contributed by atoms with Crippen molar-refractivity contribution in [3.8, 4) is 0 Å². The molecule has 0 fully saturated rings. The summed E-state index contributed by atoms with van der Waals surface area (Å²) in [5.41, 5.74) is 0.942. The number of halogens is 3. The molecule has 0 saturated carbocycles. The number of aromatic nitrogens is 1. The van der Waals surface area contributed by atoms with Crippen LogP contribution < -0.4 is 5.32 Å². The highest BCUT2D eigenvalue weighted by Crippen LogP contribution is 2.25. The van der Waals surface area contributed by atoms with Crippen LogP contribution >= 0.6 is 11.3 Å². The lowest BCUT2D eigenvalue weighted by molar-refractivity contribution is -0.173. The predicted molar refractivity (Wildman–Crippen MR) is 74.1 cm³/mol. The number of ether oxygens (including phenoxy) is 1. The molecule has 1 rings (SSSR count). The second-order valence-electron chi connectivity index (χ2n) is 4.65. The van der Waals surface area contributed by atoms with Crippen molar-refractivity contribution in [3.63, 3.8) is 0 Å². The number of thiazole rings is 1. The van der Waals surface area contributed by atoms with Crippen molar-refractivity contribution in [1.82, 2.24) is 10.3 Å². The molecule has 0 aromatic carbocycles. The van der Waals surface area contributed by atoms with E-state index in [2.05, 4.69) is 28.9 Å². The van der Waals surface area contributed by atoms with Crippen LogP contribution in [0.5, 0.6) is 0 Å². The molecule has 1 heterocycles. The van der Waals surface area contributed by atoms with E-state index in [0.29, 0.717) is 6.42 Å². The minimum Gasteiger partial charge on any atom is -0.372 e. The molecule has 3 nitrogen and oxygen atoms in total. The lowest BCUT2D eigenvalue weighted by Gasteiger charge is -2.11. The number of alkyl halides is 3. The van der Waals surface area contributed by atoms with Crippen LogP contribution in [-0.4, -0.2) is 30.9 Å². The number of hydrogen-bond donors (Lipinski definition) is 1. The van der Waals surface area contributed by atoms with Crippen molar-refractivity contribution in [2.45, 2.75) is 45.8 Å². The van der Waals surface area contributed by atoms with Crippen LogP contribution in [0.15, 0.2) is 0 Å². The summed E-state index contributed by atoms with van der Waals surface area (Å²) in [6.45, 7) is 5.88. The van der Waals surface area contributed by atoms with E-state index in [-0.39, 0.29) is 12.6 Å². The zero-order valence-electron chi connectivity index (χ0n) is 12.0. The fourth-order valence-electron chi connectivity index (χ4n) is 1.78. The number of nitrogens with zero attached hydrogens (tertiary/aromatic N) is 1. The SMILES string of the molecule is CCCNC(C)c1sc(CCOCC(F)(F)F)nc1C. The van der Waals surface area contributed by atoms with E-state index in [9.17, 15) is 13.2 Å². The number of aryl methyl sites for hydroxylation is 1. The molecule has 1 aromatic rings. The van der Waals surface area contributed by atoms with Crippen LogP contribution in [0.3, 0.4) is 0 Å². The summed E-state index contributed by atoms with van der Waals surface area (Å²) in [7, 11) is 0. The third-order valence-electron chi connectivity index (χ3n) is 2.70. The molecule has 1 N–H and O–H groups in total. The van der Waals surface area contributed by atoms with E-state index in [4.69, 9.17) is 0 Å². The average Bonchev–Trinajstić information content (AvgIpc) is 2.72. The molecule has 0 aliphatic rings. The van der Waals surface area contributed by atoms with E-state index in [1.807, 2.05) is 6.92 Å². The second-order valence-corrected chi connectivity index (χ2v) is 5.77. The Hall–Kier alpha value is -0.660. The number of nitrogens with one attached hydrogen (secondary N) is 1. The maximum atomic E-state index is 11.9. The van der Waals surface area contributed by atoms with Crippen LogP contribution in [-0.2, 0) is 11.2 Å². The molecule has 0 spiro atoms. The molecule has 0 bridgehead atoms. The molecule has 0 saturated heterocycles. The monoisotopic (exact) mass is 310 g/mol. The molecule has 0 aliphatic heterocycles. The van der Waals surface area contributed by atoms with E-state index in [1.165, 1.54) is 0 Å². The molecular formula is C13H21F3N2OS. The van der Waals surface area contributed by atoms with Gasteiger partial charge < -0.3 is 10.1 Å². The van der Waals surface area contributed by atoms with Gasteiger partial charge in [0, 0.05) is 17.3 Å². The molecule has 0 radical (unpaired) electrons. The molecule has 0 aliphatic carbocycles. The molecule has 7 heteroatoms. The maximum Gasteiger partial charge on any atom is 0.411 e. The van der Waals surface area contributed by atoms with E-state index in [0.717, 1.165) is 28.5 Å². The average molecular weight is 310 g/mol. The third-order valence-corrected chi connectivity index (χ3v) is 4.10. The van der Waals surface area contributed by atoms with Gasteiger partial charge in [-0.3, -0.25) is 0 Å². The Morgan fingerprint density at radius 1 is 1.40 bits per heavy atom. The fourth-order valence-corrected chi connectivity index (χ4v) is 2.85. The predicted octanol–water partition coefficient (Wildman–Crippen LogP) is 3.63. The normalized spacial score (nSPS) is 13.7.